The zero-order valence-corrected chi connectivity index (χ0v) is 15.7. The van der Waals surface area contributed by atoms with Crippen LogP contribution in [0.5, 0.6) is 0 Å². The first-order valence-corrected chi connectivity index (χ1v) is 9.65. The summed E-state index contributed by atoms with van der Waals surface area (Å²) in [5.74, 6) is 1.69. The minimum atomic E-state index is 0.594. The van der Waals surface area contributed by atoms with Gasteiger partial charge in [-0.05, 0) is 50.9 Å². The van der Waals surface area contributed by atoms with Crippen LogP contribution >= 0.6 is 0 Å². The van der Waals surface area contributed by atoms with E-state index < -0.39 is 0 Å². The van der Waals surface area contributed by atoms with Crippen molar-refractivity contribution in [1.82, 2.24) is 20.4 Å². The van der Waals surface area contributed by atoms with Crippen molar-refractivity contribution in [2.45, 2.75) is 31.8 Å². The summed E-state index contributed by atoms with van der Waals surface area (Å²) < 4.78 is 0. The zero-order chi connectivity index (χ0) is 17.5. The first kappa shape index (κ1) is 18.2. The molecular formula is C20H33N5. The van der Waals surface area contributed by atoms with Crippen LogP contribution in [-0.2, 0) is 6.54 Å². The molecule has 5 heteroatoms. The molecule has 138 valence electrons. The normalized spacial score (nSPS) is 25.4. The second-order valence-electron chi connectivity index (χ2n) is 7.50. The van der Waals surface area contributed by atoms with Gasteiger partial charge in [0.25, 0.3) is 0 Å². The summed E-state index contributed by atoms with van der Waals surface area (Å²) in [6.45, 7) is 6.64. The van der Waals surface area contributed by atoms with Crippen molar-refractivity contribution in [3.05, 3.63) is 35.9 Å². The molecule has 1 aromatic carbocycles. The third kappa shape index (κ3) is 5.44. The highest BCUT2D eigenvalue weighted by Gasteiger charge is 2.25. The van der Waals surface area contributed by atoms with Crippen LogP contribution < -0.4 is 10.6 Å². The van der Waals surface area contributed by atoms with E-state index in [4.69, 9.17) is 0 Å². The Bertz CT molecular complexity index is 544. The van der Waals surface area contributed by atoms with Crippen LogP contribution in [0.4, 0.5) is 0 Å². The molecule has 2 N–H and O–H groups in total. The molecule has 0 amide bonds. The number of benzene rings is 1. The maximum atomic E-state index is 4.40. The summed E-state index contributed by atoms with van der Waals surface area (Å²) in [7, 11) is 4.07. The van der Waals surface area contributed by atoms with Gasteiger partial charge in [-0.15, -0.1) is 0 Å². The molecule has 2 aliphatic rings. The van der Waals surface area contributed by atoms with E-state index in [0.717, 1.165) is 31.5 Å². The predicted octanol–water partition coefficient (Wildman–Crippen LogP) is 1.77. The summed E-state index contributed by atoms with van der Waals surface area (Å²) in [6, 6.07) is 11.4. The van der Waals surface area contributed by atoms with Gasteiger partial charge in [0.15, 0.2) is 5.96 Å². The Balaban J connectivity index is 1.42. The second-order valence-corrected chi connectivity index (χ2v) is 7.50. The standard InChI is InChI=1S/C20H33N5/c1-21-20(22-13-18-10-12-24(2)15-18)23-14-19-9-6-11-25(19)16-17-7-4-3-5-8-17/h3-5,7-8,18-19H,6,9-16H2,1-2H3,(H2,21,22,23). The van der Waals surface area contributed by atoms with E-state index in [9.17, 15) is 0 Å². The van der Waals surface area contributed by atoms with Crippen LogP contribution in [0.2, 0.25) is 0 Å². The van der Waals surface area contributed by atoms with Crippen molar-refractivity contribution >= 4 is 5.96 Å². The van der Waals surface area contributed by atoms with Crippen molar-refractivity contribution in [1.29, 1.82) is 0 Å². The molecule has 0 aliphatic carbocycles. The quantitative estimate of drug-likeness (QED) is 0.610. The lowest BCUT2D eigenvalue weighted by Crippen LogP contribution is -2.45. The smallest absolute Gasteiger partial charge is 0.191 e. The molecule has 2 heterocycles. The number of likely N-dealkylation sites (tertiary alicyclic amines) is 2. The number of nitrogens with one attached hydrogen (secondary N) is 2. The summed E-state index contributed by atoms with van der Waals surface area (Å²) in [6.07, 6.45) is 3.85. The largest absolute Gasteiger partial charge is 0.356 e. The third-order valence-corrected chi connectivity index (χ3v) is 5.50. The van der Waals surface area contributed by atoms with Crippen molar-refractivity contribution in [3.63, 3.8) is 0 Å². The Labute approximate surface area is 152 Å². The van der Waals surface area contributed by atoms with E-state index in [1.165, 1.54) is 44.5 Å². The van der Waals surface area contributed by atoms with Crippen LogP contribution in [0.1, 0.15) is 24.8 Å². The Morgan fingerprint density at radius 1 is 1.12 bits per heavy atom. The van der Waals surface area contributed by atoms with E-state index in [2.05, 4.69) is 62.8 Å². The minimum absolute atomic E-state index is 0.594. The lowest BCUT2D eigenvalue weighted by Gasteiger charge is -2.26. The van der Waals surface area contributed by atoms with E-state index in [0.29, 0.717) is 6.04 Å². The fraction of sp³-hybridized carbons (Fsp3) is 0.650. The maximum absolute atomic E-state index is 4.40. The summed E-state index contributed by atoms with van der Waals surface area (Å²) in [5, 5.41) is 7.06. The number of guanidine groups is 1. The third-order valence-electron chi connectivity index (χ3n) is 5.50. The van der Waals surface area contributed by atoms with Crippen LogP contribution in [-0.4, -0.2) is 68.6 Å². The predicted molar refractivity (Wildman–Crippen MR) is 105 cm³/mol. The summed E-state index contributed by atoms with van der Waals surface area (Å²) >= 11 is 0. The molecule has 1 aromatic rings. The number of rotatable bonds is 6. The van der Waals surface area contributed by atoms with Crippen LogP contribution in [0.25, 0.3) is 0 Å². The molecule has 0 bridgehead atoms. The average Bonchev–Trinajstić information content (AvgIpc) is 3.25. The molecule has 2 atom stereocenters. The van der Waals surface area contributed by atoms with Crippen molar-refractivity contribution in [2.75, 3.05) is 46.8 Å². The van der Waals surface area contributed by atoms with Crippen LogP contribution in [0.3, 0.4) is 0 Å². The van der Waals surface area contributed by atoms with E-state index in [-0.39, 0.29) is 0 Å². The van der Waals surface area contributed by atoms with E-state index >= 15 is 0 Å². The maximum Gasteiger partial charge on any atom is 0.191 e. The number of aliphatic imine (C=N–C) groups is 1. The molecule has 2 fully saturated rings. The Hall–Kier alpha value is -1.59. The highest BCUT2D eigenvalue weighted by molar-refractivity contribution is 5.79. The molecule has 0 aromatic heterocycles. The number of hydrogen-bond acceptors (Lipinski definition) is 3. The lowest BCUT2D eigenvalue weighted by molar-refractivity contribution is 0.245. The van der Waals surface area contributed by atoms with Crippen LogP contribution in [0.15, 0.2) is 35.3 Å². The zero-order valence-electron chi connectivity index (χ0n) is 15.7. The van der Waals surface area contributed by atoms with Crippen molar-refractivity contribution in [3.8, 4) is 0 Å². The fourth-order valence-electron chi connectivity index (χ4n) is 4.02. The van der Waals surface area contributed by atoms with Gasteiger partial charge in [-0.1, -0.05) is 30.3 Å². The first-order chi connectivity index (χ1) is 12.2. The molecule has 0 spiro atoms. The molecule has 5 nitrogen and oxygen atoms in total. The van der Waals surface area contributed by atoms with E-state index in [1.807, 2.05) is 7.05 Å². The van der Waals surface area contributed by atoms with Gasteiger partial charge in [0, 0.05) is 39.3 Å². The van der Waals surface area contributed by atoms with Gasteiger partial charge in [-0.25, -0.2) is 0 Å². The molecular weight excluding hydrogens is 310 g/mol. The van der Waals surface area contributed by atoms with Gasteiger partial charge < -0.3 is 15.5 Å². The molecule has 2 saturated heterocycles. The van der Waals surface area contributed by atoms with Crippen molar-refractivity contribution in [2.24, 2.45) is 10.9 Å². The summed E-state index contributed by atoms with van der Waals surface area (Å²) in [5.41, 5.74) is 1.40. The Morgan fingerprint density at radius 3 is 2.64 bits per heavy atom. The lowest BCUT2D eigenvalue weighted by atomic mass is 10.1. The highest BCUT2D eigenvalue weighted by atomic mass is 15.2. The second kappa shape index (κ2) is 9.20. The summed E-state index contributed by atoms with van der Waals surface area (Å²) in [4.78, 5) is 9.40. The SMILES string of the molecule is CN=C(NCC1CCN(C)C1)NCC1CCCN1Cc1ccccc1. The minimum Gasteiger partial charge on any atom is -0.356 e. The van der Waals surface area contributed by atoms with Gasteiger partial charge in [-0.2, -0.15) is 0 Å². The fourth-order valence-corrected chi connectivity index (χ4v) is 4.02. The monoisotopic (exact) mass is 343 g/mol. The van der Waals surface area contributed by atoms with Crippen LogP contribution in [0, 0.1) is 5.92 Å². The molecule has 0 radical (unpaired) electrons. The topological polar surface area (TPSA) is 42.9 Å². The van der Waals surface area contributed by atoms with Gasteiger partial charge in [0.1, 0.15) is 0 Å². The van der Waals surface area contributed by atoms with Gasteiger partial charge in [0.05, 0.1) is 0 Å². The molecule has 2 aliphatic heterocycles. The Kier molecular flexibility index (Phi) is 6.70. The molecule has 25 heavy (non-hydrogen) atoms. The number of nitrogens with zero attached hydrogens (tertiary/aromatic N) is 3. The van der Waals surface area contributed by atoms with E-state index in [1.54, 1.807) is 0 Å². The first-order valence-electron chi connectivity index (χ1n) is 9.65. The van der Waals surface area contributed by atoms with Gasteiger partial charge in [0.2, 0.25) is 0 Å². The molecule has 0 saturated carbocycles. The molecule has 3 rings (SSSR count). The van der Waals surface area contributed by atoms with Gasteiger partial charge >= 0.3 is 0 Å². The van der Waals surface area contributed by atoms with Crippen molar-refractivity contribution < 1.29 is 0 Å². The Morgan fingerprint density at radius 2 is 1.92 bits per heavy atom. The highest BCUT2D eigenvalue weighted by Crippen LogP contribution is 2.19. The number of hydrogen-bond donors (Lipinski definition) is 2. The average molecular weight is 344 g/mol. The van der Waals surface area contributed by atoms with Gasteiger partial charge in [-0.3, -0.25) is 9.89 Å². The molecule has 2 unspecified atom stereocenters.